The maximum absolute atomic E-state index is 12.4. The minimum Gasteiger partial charge on any atom is -0.493 e. The predicted octanol–water partition coefficient (Wildman–Crippen LogP) is 3.78. The van der Waals surface area contributed by atoms with Gasteiger partial charge in [0.25, 0.3) is 5.91 Å². The fourth-order valence-electron chi connectivity index (χ4n) is 2.07. The van der Waals surface area contributed by atoms with Crippen LogP contribution < -0.4 is 14.8 Å². The van der Waals surface area contributed by atoms with Gasteiger partial charge in [0.15, 0.2) is 11.5 Å². The molecule has 7 heteroatoms. The summed E-state index contributed by atoms with van der Waals surface area (Å²) in [6.07, 6.45) is 0.877. The smallest absolute Gasteiger partial charge is 0.257 e. The van der Waals surface area contributed by atoms with E-state index in [4.69, 9.17) is 9.47 Å². The maximum atomic E-state index is 12.4. The van der Waals surface area contributed by atoms with E-state index in [1.54, 1.807) is 25.3 Å². The van der Waals surface area contributed by atoms with Gasteiger partial charge in [0.05, 0.1) is 13.2 Å². The van der Waals surface area contributed by atoms with Crippen molar-refractivity contribution in [1.82, 2.24) is 10.2 Å². The van der Waals surface area contributed by atoms with Crippen LogP contribution in [-0.4, -0.2) is 29.3 Å². The largest absolute Gasteiger partial charge is 0.493 e. The van der Waals surface area contributed by atoms with E-state index >= 15 is 0 Å². The molecule has 0 bridgehead atoms. The van der Waals surface area contributed by atoms with Gasteiger partial charge in [-0.25, -0.2) is 0 Å². The van der Waals surface area contributed by atoms with E-state index in [2.05, 4.69) is 29.4 Å². The van der Waals surface area contributed by atoms with Gasteiger partial charge in [-0.15, -0.1) is 10.2 Å². The molecule has 0 radical (unpaired) electrons. The van der Waals surface area contributed by atoms with Crippen molar-refractivity contribution in [2.45, 2.75) is 40.2 Å². The Labute approximate surface area is 146 Å². The van der Waals surface area contributed by atoms with Crippen molar-refractivity contribution in [3.05, 3.63) is 28.8 Å². The van der Waals surface area contributed by atoms with Crippen LogP contribution in [0.1, 0.15) is 43.1 Å². The Hall–Kier alpha value is -2.15. The van der Waals surface area contributed by atoms with Gasteiger partial charge in [-0.2, -0.15) is 0 Å². The normalized spacial score (nSPS) is 11.0. The summed E-state index contributed by atoms with van der Waals surface area (Å²) in [5, 5.41) is 12.3. The second-order valence-electron chi connectivity index (χ2n) is 6.09. The number of aromatic nitrogens is 2. The first-order chi connectivity index (χ1) is 11.4. The van der Waals surface area contributed by atoms with Crippen LogP contribution >= 0.6 is 11.3 Å². The number of anilines is 1. The molecule has 130 valence electrons. The molecule has 0 saturated heterocycles. The van der Waals surface area contributed by atoms with E-state index in [0.29, 0.717) is 28.1 Å². The Kier molecular flexibility index (Phi) is 6.14. The van der Waals surface area contributed by atoms with Crippen molar-refractivity contribution in [3.63, 3.8) is 0 Å². The first-order valence-electron chi connectivity index (χ1n) is 7.87. The monoisotopic (exact) mass is 349 g/mol. The van der Waals surface area contributed by atoms with Crippen molar-refractivity contribution in [2.24, 2.45) is 5.92 Å². The molecule has 2 rings (SSSR count). The zero-order chi connectivity index (χ0) is 17.7. The van der Waals surface area contributed by atoms with E-state index < -0.39 is 0 Å². The molecular weight excluding hydrogens is 326 g/mol. The number of carbonyl (C=O) groups excluding carboxylic acids is 1. The van der Waals surface area contributed by atoms with Crippen LogP contribution in [0.3, 0.4) is 0 Å². The Morgan fingerprint density at radius 3 is 2.58 bits per heavy atom. The SMILES string of the molecule is COc1cc(C(=O)Nc2nnc(CC(C)C)s2)ccc1OC(C)C. The highest BCUT2D eigenvalue weighted by Crippen LogP contribution is 2.29. The van der Waals surface area contributed by atoms with Gasteiger partial charge in [-0.3, -0.25) is 10.1 Å². The quantitative estimate of drug-likeness (QED) is 0.823. The average Bonchev–Trinajstić information content (AvgIpc) is 2.93. The van der Waals surface area contributed by atoms with Crippen molar-refractivity contribution in [1.29, 1.82) is 0 Å². The van der Waals surface area contributed by atoms with E-state index in [0.717, 1.165) is 11.4 Å². The van der Waals surface area contributed by atoms with Crippen LogP contribution in [0.2, 0.25) is 0 Å². The van der Waals surface area contributed by atoms with Gasteiger partial charge < -0.3 is 9.47 Å². The summed E-state index contributed by atoms with van der Waals surface area (Å²) in [6, 6.07) is 5.09. The molecule has 0 fully saturated rings. The third-order valence-electron chi connectivity index (χ3n) is 3.06. The molecule has 1 aromatic carbocycles. The number of nitrogens with zero attached hydrogens (tertiary/aromatic N) is 2. The zero-order valence-electron chi connectivity index (χ0n) is 14.6. The first-order valence-corrected chi connectivity index (χ1v) is 8.69. The van der Waals surface area contributed by atoms with Crippen LogP contribution in [0.5, 0.6) is 11.5 Å². The summed E-state index contributed by atoms with van der Waals surface area (Å²) in [6.45, 7) is 8.11. The molecule has 0 aliphatic rings. The van der Waals surface area contributed by atoms with E-state index in [9.17, 15) is 4.79 Å². The summed E-state index contributed by atoms with van der Waals surface area (Å²) >= 11 is 1.40. The van der Waals surface area contributed by atoms with Crippen LogP contribution in [0.25, 0.3) is 0 Å². The molecule has 0 unspecified atom stereocenters. The molecule has 2 aromatic rings. The van der Waals surface area contributed by atoms with Crippen molar-refractivity contribution in [3.8, 4) is 11.5 Å². The van der Waals surface area contributed by atoms with Gasteiger partial charge in [0.1, 0.15) is 5.01 Å². The van der Waals surface area contributed by atoms with Crippen molar-refractivity contribution in [2.75, 3.05) is 12.4 Å². The van der Waals surface area contributed by atoms with Crippen molar-refractivity contribution >= 4 is 22.4 Å². The van der Waals surface area contributed by atoms with Gasteiger partial charge in [0.2, 0.25) is 5.13 Å². The lowest BCUT2D eigenvalue weighted by Gasteiger charge is -2.14. The molecule has 1 heterocycles. The number of rotatable bonds is 7. The summed E-state index contributed by atoms with van der Waals surface area (Å²) in [5.41, 5.74) is 0.476. The van der Waals surface area contributed by atoms with Gasteiger partial charge >= 0.3 is 0 Å². The molecule has 1 N–H and O–H groups in total. The Morgan fingerprint density at radius 2 is 1.96 bits per heavy atom. The third kappa shape index (κ3) is 4.92. The molecule has 1 amide bonds. The highest BCUT2D eigenvalue weighted by atomic mass is 32.1. The summed E-state index contributed by atoms with van der Waals surface area (Å²) < 4.78 is 11.0. The summed E-state index contributed by atoms with van der Waals surface area (Å²) in [5.74, 6) is 1.38. The number of amides is 1. The lowest BCUT2D eigenvalue weighted by Crippen LogP contribution is -2.12. The molecular formula is C17H23N3O3S. The molecule has 0 spiro atoms. The molecule has 24 heavy (non-hydrogen) atoms. The van der Waals surface area contributed by atoms with Gasteiger partial charge in [-0.1, -0.05) is 25.2 Å². The third-order valence-corrected chi connectivity index (χ3v) is 3.92. The fourth-order valence-corrected chi connectivity index (χ4v) is 3.01. The van der Waals surface area contributed by atoms with Crippen LogP contribution in [0, 0.1) is 5.92 Å². The summed E-state index contributed by atoms with van der Waals surface area (Å²) in [7, 11) is 1.55. The fraction of sp³-hybridized carbons (Fsp3) is 0.471. The number of hydrogen-bond acceptors (Lipinski definition) is 6. The number of benzene rings is 1. The Morgan fingerprint density at radius 1 is 1.21 bits per heavy atom. The first kappa shape index (κ1) is 18.2. The second kappa shape index (κ2) is 8.10. The lowest BCUT2D eigenvalue weighted by molar-refractivity contribution is 0.102. The molecule has 0 aliphatic heterocycles. The predicted molar refractivity (Wildman–Crippen MR) is 95.2 cm³/mol. The highest BCUT2D eigenvalue weighted by Gasteiger charge is 2.14. The van der Waals surface area contributed by atoms with Crippen LogP contribution in [0.4, 0.5) is 5.13 Å². The Bertz CT molecular complexity index is 698. The van der Waals surface area contributed by atoms with Crippen LogP contribution in [-0.2, 0) is 6.42 Å². The maximum Gasteiger partial charge on any atom is 0.257 e. The number of hydrogen-bond donors (Lipinski definition) is 1. The minimum absolute atomic E-state index is 0.0272. The molecule has 6 nitrogen and oxygen atoms in total. The molecule has 1 aromatic heterocycles. The highest BCUT2D eigenvalue weighted by molar-refractivity contribution is 7.15. The van der Waals surface area contributed by atoms with Gasteiger partial charge in [-0.05, 0) is 38.0 Å². The van der Waals surface area contributed by atoms with E-state index in [1.807, 2.05) is 13.8 Å². The van der Waals surface area contributed by atoms with Gasteiger partial charge in [0, 0.05) is 12.0 Å². The van der Waals surface area contributed by atoms with E-state index in [-0.39, 0.29) is 12.0 Å². The van der Waals surface area contributed by atoms with Crippen molar-refractivity contribution < 1.29 is 14.3 Å². The molecule has 0 aliphatic carbocycles. The average molecular weight is 349 g/mol. The number of methoxy groups -OCH3 is 1. The molecule has 0 atom stereocenters. The lowest BCUT2D eigenvalue weighted by atomic mass is 10.1. The number of carbonyl (C=O) groups is 1. The van der Waals surface area contributed by atoms with E-state index in [1.165, 1.54) is 11.3 Å². The number of ether oxygens (including phenoxy) is 2. The second-order valence-corrected chi connectivity index (χ2v) is 7.15. The zero-order valence-corrected chi connectivity index (χ0v) is 15.4. The van der Waals surface area contributed by atoms with Crippen LogP contribution in [0.15, 0.2) is 18.2 Å². The minimum atomic E-state index is -0.253. The molecule has 0 saturated carbocycles. The summed E-state index contributed by atoms with van der Waals surface area (Å²) in [4.78, 5) is 12.4. The Balaban J connectivity index is 2.10. The number of nitrogens with one attached hydrogen (secondary N) is 1. The topological polar surface area (TPSA) is 73.3 Å². The standard InChI is InChI=1S/C17H23N3O3S/c1-10(2)8-15-19-20-17(24-15)18-16(21)12-6-7-13(23-11(3)4)14(9-12)22-5/h6-7,9-11H,8H2,1-5H3,(H,18,20,21).